The van der Waals surface area contributed by atoms with Crippen molar-refractivity contribution in [3.63, 3.8) is 0 Å². The molecule has 0 spiro atoms. The minimum atomic E-state index is -2.62. The zero-order valence-electron chi connectivity index (χ0n) is 14.5. The van der Waals surface area contributed by atoms with Crippen molar-refractivity contribution in [1.29, 1.82) is 0 Å². The van der Waals surface area contributed by atoms with Crippen LogP contribution in [-0.2, 0) is 44.0 Å². The zero-order valence-corrected chi connectivity index (χ0v) is 17.4. The van der Waals surface area contributed by atoms with Gasteiger partial charge in [-0.3, -0.25) is 4.79 Å². The number of rotatable bonds is 7. The summed E-state index contributed by atoms with van der Waals surface area (Å²) in [6.07, 6.45) is -2.62. The van der Waals surface area contributed by atoms with E-state index in [4.69, 9.17) is 9.47 Å². The summed E-state index contributed by atoms with van der Waals surface area (Å²) in [5, 5.41) is 0. The van der Waals surface area contributed by atoms with Gasteiger partial charge in [0, 0.05) is 39.8 Å². The number of halogens is 2. The molecule has 0 unspecified atom stereocenters. The molecule has 1 radical (unpaired) electrons. The molecule has 0 amide bonds. The zero-order chi connectivity index (χ0) is 17.7. The fourth-order valence-corrected chi connectivity index (χ4v) is 2.40. The van der Waals surface area contributed by atoms with Crippen LogP contribution in [0.25, 0.3) is 11.3 Å². The number of aromatic nitrogens is 1. The fraction of sp³-hybridized carbons (Fsp3) is 0.389. The Morgan fingerprint density at radius 3 is 2.52 bits per heavy atom. The molecule has 0 aliphatic heterocycles. The van der Waals surface area contributed by atoms with Crippen LogP contribution in [0.4, 0.5) is 8.78 Å². The third-order valence-corrected chi connectivity index (χ3v) is 3.61. The molecule has 0 atom stereocenters. The van der Waals surface area contributed by atoms with Crippen LogP contribution in [0.2, 0.25) is 0 Å². The van der Waals surface area contributed by atoms with Crippen molar-refractivity contribution >= 4 is 0 Å². The van der Waals surface area contributed by atoms with Gasteiger partial charge in [-0.2, -0.15) is 12.1 Å². The summed E-state index contributed by atoms with van der Waals surface area (Å²) < 4.78 is 37.3. The van der Waals surface area contributed by atoms with Crippen molar-refractivity contribution < 1.29 is 51.0 Å². The van der Waals surface area contributed by atoms with Gasteiger partial charge in [-0.15, -0.1) is 6.07 Å². The maximum absolute atomic E-state index is 12.9. The van der Waals surface area contributed by atoms with Crippen LogP contribution < -0.4 is 10.3 Å². The van der Waals surface area contributed by atoms with E-state index in [1.165, 1.54) is 6.07 Å². The minimum absolute atomic E-state index is 0. The second-order valence-corrected chi connectivity index (χ2v) is 5.45. The Hall–Kier alpha value is -1.11. The molecule has 0 bridgehead atoms. The van der Waals surface area contributed by atoms with Crippen molar-refractivity contribution in [3.8, 4) is 17.0 Å². The molecule has 0 saturated carbocycles. The van der Waals surface area contributed by atoms with Crippen LogP contribution in [0, 0.1) is 19.9 Å². The summed E-state index contributed by atoms with van der Waals surface area (Å²) in [5.41, 5.74) is 1.80. The maximum Gasteiger partial charge on any atom is 0.256 e. The third-order valence-electron chi connectivity index (χ3n) is 3.61. The Labute approximate surface area is 171 Å². The van der Waals surface area contributed by atoms with Gasteiger partial charge in [0.25, 0.3) is 6.43 Å². The van der Waals surface area contributed by atoms with Crippen molar-refractivity contribution in [3.05, 3.63) is 51.8 Å². The largest absolute Gasteiger partial charge is 0.491 e. The number of hydrogen-bond donors (Lipinski definition) is 0. The van der Waals surface area contributed by atoms with Crippen molar-refractivity contribution in [2.45, 2.75) is 26.8 Å². The smallest absolute Gasteiger partial charge is 0.256 e. The van der Waals surface area contributed by atoms with Crippen LogP contribution in [0.1, 0.15) is 11.1 Å². The van der Waals surface area contributed by atoms with E-state index in [-0.39, 0.29) is 32.7 Å². The number of aryl methyl sites for hydroxylation is 2. The molecule has 0 fully saturated rings. The first-order valence-corrected chi connectivity index (χ1v) is 7.57. The molecule has 7 heteroatoms. The monoisotopic (exact) mass is 425 g/mol. The topological polar surface area (TPSA) is 40.5 Å². The Morgan fingerprint density at radius 1 is 1.20 bits per heavy atom. The quantitative estimate of drug-likeness (QED) is 0.506. The number of hydrogen-bond acceptors (Lipinski definition) is 3. The number of alkyl halides is 2. The number of methoxy groups -OCH3 is 1. The van der Waals surface area contributed by atoms with Crippen LogP contribution >= 0.6 is 0 Å². The molecule has 25 heavy (non-hydrogen) atoms. The fourth-order valence-electron chi connectivity index (χ4n) is 2.40. The van der Waals surface area contributed by atoms with Gasteiger partial charge < -0.3 is 14.0 Å². The number of pyridine rings is 1. The van der Waals surface area contributed by atoms with Gasteiger partial charge in [-0.05, 0) is 12.1 Å². The molecule has 1 aromatic carbocycles. The van der Waals surface area contributed by atoms with E-state index >= 15 is 0 Å². The van der Waals surface area contributed by atoms with E-state index in [1.807, 2.05) is 6.92 Å². The van der Waals surface area contributed by atoms with E-state index in [2.05, 4.69) is 6.07 Å². The molecule has 0 saturated heterocycles. The van der Waals surface area contributed by atoms with Crippen molar-refractivity contribution in [2.75, 3.05) is 20.3 Å². The number of ether oxygens (including phenoxy) is 2. The SMILES string of the molecule is COCCOc1ccc(-c2[c-]cc(C)c(=O)n2CC(F)F)c(C)c1.[Y]. The van der Waals surface area contributed by atoms with E-state index in [9.17, 15) is 13.6 Å². The molecule has 2 aromatic rings. The molecule has 1 aromatic heterocycles. The summed E-state index contributed by atoms with van der Waals surface area (Å²) >= 11 is 0. The van der Waals surface area contributed by atoms with E-state index in [0.717, 1.165) is 10.1 Å². The Morgan fingerprint density at radius 2 is 1.92 bits per heavy atom. The maximum atomic E-state index is 12.9. The molecular formula is C18H20F2NO3Y-. The van der Waals surface area contributed by atoms with Crippen molar-refractivity contribution in [1.82, 2.24) is 4.57 Å². The van der Waals surface area contributed by atoms with Gasteiger partial charge in [-0.1, -0.05) is 36.2 Å². The summed E-state index contributed by atoms with van der Waals surface area (Å²) in [4.78, 5) is 12.2. The second-order valence-electron chi connectivity index (χ2n) is 5.45. The average molecular weight is 425 g/mol. The first-order chi connectivity index (χ1) is 11.4. The molecule has 2 rings (SSSR count). The van der Waals surface area contributed by atoms with Gasteiger partial charge in [0.2, 0.25) is 0 Å². The van der Waals surface area contributed by atoms with Crippen LogP contribution in [-0.4, -0.2) is 31.3 Å². The molecular weight excluding hydrogens is 405 g/mol. The predicted octanol–water partition coefficient (Wildman–Crippen LogP) is 3.22. The molecule has 0 aliphatic rings. The average Bonchev–Trinajstić information content (AvgIpc) is 2.53. The van der Waals surface area contributed by atoms with Gasteiger partial charge in [0.1, 0.15) is 12.4 Å². The van der Waals surface area contributed by atoms with Crippen molar-refractivity contribution in [2.24, 2.45) is 0 Å². The summed E-state index contributed by atoms with van der Waals surface area (Å²) in [6.45, 7) is 3.66. The standard InChI is InChI=1S/C18H20F2NO3.Y/c1-12-4-7-16(21(18(12)22)11-17(19)20)15-6-5-14(10-13(15)2)24-9-8-23-3;/h4-6,10,17H,8-9,11H2,1-3H3;/q-1;. The molecule has 0 aliphatic carbocycles. The molecule has 133 valence electrons. The summed E-state index contributed by atoms with van der Waals surface area (Å²) in [6, 6.07) is 9.77. The van der Waals surface area contributed by atoms with E-state index in [0.29, 0.717) is 35.8 Å². The van der Waals surface area contributed by atoms with Gasteiger partial charge >= 0.3 is 0 Å². The second kappa shape index (κ2) is 10.1. The van der Waals surface area contributed by atoms with Gasteiger partial charge in [0.15, 0.2) is 5.56 Å². The Balaban J connectivity index is 0.00000312. The third kappa shape index (κ3) is 5.69. The minimum Gasteiger partial charge on any atom is -0.491 e. The first kappa shape index (κ1) is 21.9. The first-order valence-electron chi connectivity index (χ1n) is 7.57. The van der Waals surface area contributed by atoms with Gasteiger partial charge in [0.05, 0.1) is 13.2 Å². The normalized spacial score (nSPS) is 10.6. The van der Waals surface area contributed by atoms with Crippen LogP contribution in [0.3, 0.4) is 0 Å². The van der Waals surface area contributed by atoms with E-state index in [1.54, 1.807) is 32.2 Å². The van der Waals surface area contributed by atoms with E-state index < -0.39 is 18.5 Å². The molecule has 1 heterocycles. The Bertz CT molecular complexity index is 762. The number of nitrogens with zero attached hydrogens (tertiary/aromatic N) is 1. The van der Waals surface area contributed by atoms with Crippen LogP contribution in [0.15, 0.2) is 29.1 Å². The molecule has 0 N–H and O–H groups in total. The van der Waals surface area contributed by atoms with Gasteiger partial charge in [-0.25, -0.2) is 8.78 Å². The summed E-state index contributed by atoms with van der Waals surface area (Å²) in [5.74, 6) is 0.656. The number of benzene rings is 1. The summed E-state index contributed by atoms with van der Waals surface area (Å²) in [7, 11) is 1.59. The Kier molecular flexibility index (Phi) is 8.90. The molecule has 4 nitrogen and oxygen atoms in total. The predicted molar refractivity (Wildman–Crippen MR) is 87.8 cm³/mol. The van der Waals surface area contributed by atoms with Crippen LogP contribution in [0.5, 0.6) is 5.75 Å².